The fraction of sp³-hybridized carbons (Fsp3) is 0.522. The van der Waals surface area contributed by atoms with Crippen molar-refractivity contribution in [2.24, 2.45) is 5.16 Å². The van der Waals surface area contributed by atoms with Crippen molar-refractivity contribution in [2.45, 2.75) is 73.1 Å². The van der Waals surface area contributed by atoms with E-state index in [1.165, 1.54) is 0 Å². The van der Waals surface area contributed by atoms with E-state index in [2.05, 4.69) is 5.16 Å². The molecule has 1 atom stereocenters. The van der Waals surface area contributed by atoms with Gasteiger partial charge in [-0.2, -0.15) is 0 Å². The molecule has 0 aliphatic heterocycles. The number of aryl methyl sites for hydroxylation is 1. The number of oxime groups is 1. The predicted octanol–water partition coefficient (Wildman–Crippen LogP) is 5.27. The number of benzene rings is 1. The molecular weight excluding hydrogens is 354 g/mol. The molecule has 1 aromatic carbocycles. The van der Waals surface area contributed by atoms with Crippen LogP contribution in [0.25, 0.3) is 0 Å². The number of ketones is 2. The molecule has 0 fully saturated rings. The lowest BCUT2D eigenvalue weighted by molar-refractivity contribution is -0.116. The Morgan fingerprint density at radius 1 is 1.25 bits per heavy atom. The summed E-state index contributed by atoms with van der Waals surface area (Å²) in [7, 11) is 0. The second-order valence-electron chi connectivity index (χ2n) is 7.44. The fourth-order valence-corrected chi connectivity index (χ4v) is 4.02. The first-order chi connectivity index (χ1) is 13.2. The minimum atomic E-state index is -0.325. The van der Waals surface area contributed by atoms with E-state index in [1.807, 2.05) is 40.7 Å². The third kappa shape index (κ3) is 4.18. The highest BCUT2D eigenvalue weighted by atomic mass is 16.6. The van der Waals surface area contributed by atoms with Gasteiger partial charge in [-0.05, 0) is 69.7 Å². The van der Waals surface area contributed by atoms with Crippen LogP contribution in [0.5, 0.6) is 0 Å². The molecule has 1 unspecified atom stereocenters. The van der Waals surface area contributed by atoms with Crippen LogP contribution in [-0.2, 0) is 9.63 Å². The van der Waals surface area contributed by atoms with Crippen molar-refractivity contribution in [2.75, 3.05) is 6.61 Å². The molecule has 5 heteroatoms. The highest BCUT2D eigenvalue weighted by molar-refractivity contribution is 6.23. The maximum Gasteiger partial charge on any atom is 0.168 e. The number of carbonyl (C=O) groups excluding carboxylic acids is 2. The summed E-state index contributed by atoms with van der Waals surface area (Å²) in [6.45, 7) is 11.6. The normalized spacial score (nSPS) is 17.9. The zero-order chi connectivity index (χ0) is 21.0. The monoisotopic (exact) mass is 385 g/mol. The third-order valence-corrected chi connectivity index (χ3v) is 5.48. The van der Waals surface area contributed by atoms with Crippen molar-refractivity contribution < 1.29 is 19.5 Å². The van der Waals surface area contributed by atoms with Crippen molar-refractivity contribution in [1.82, 2.24) is 0 Å². The maximum absolute atomic E-state index is 12.6. The molecule has 0 saturated heterocycles. The van der Waals surface area contributed by atoms with Gasteiger partial charge in [0.25, 0.3) is 0 Å². The molecule has 5 nitrogen and oxygen atoms in total. The average Bonchev–Trinajstić information content (AvgIpc) is 2.63. The second kappa shape index (κ2) is 9.18. The van der Waals surface area contributed by atoms with E-state index in [0.29, 0.717) is 37.1 Å². The van der Waals surface area contributed by atoms with Crippen LogP contribution in [0.4, 0.5) is 0 Å². The number of nitrogens with zero attached hydrogens (tertiary/aromatic N) is 1. The number of allylic oxidation sites excluding steroid dienone is 2. The van der Waals surface area contributed by atoms with Gasteiger partial charge in [-0.3, -0.25) is 9.59 Å². The SMILES string of the molecule is CCCC(=NOCC)C1=C(O)C(c2cc(C)c(C)c(C(C)=O)c2C)CCC1=O. The summed E-state index contributed by atoms with van der Waals surface area (Å²) in [4.78, 5) is 30.0. The number of aliphatic hydroxyl groups is 1. The van der Waals surface area contributed by atoms with Crippen LogP contribution in [-0.4, -0.2) is 29.0 Å². The fourth-order valence-electron chi connectivity index (χ4n) is 4.02. The first-order valence-electron chi connectivity index (χ1n) is 10.0. The molecule has 0 amide bonds. The Hall–Kier alpha value is -2.43. The largest absolute Gasteiger partial charge is 0.511 e. The molecular formula is C23H31NO4. The minimum Gasteiger partial charge on any atom is -0.511 e. The lowest BCUT2D eigenvalue weighted by Crippen LogP contribution is -2.25. The summed E-state index contributed by atoms with van der Waals surface area (Å²) in [5.74, 6) is -0.369. The van der Waals surface area contributed by atoms with Gasteiger partial charge < -0.3 is 9.94 Å². The first-order valence-corrected chi connectivity index (χ1v) is 10.0. The van der Waals surface area contributed by atoms with Crippen molar-refractivity contribution in [3.8, 4) is 0 Å². The highest BCUT2D eigenvalue weighted by Crippen LogP contribution is 2.39. The lowest BCUT2D eigenvalue weighted by atomic mass is 9.77. The predicted molar refractivity (Wildman–Crippen MR) is 111 cm³/mol. The Morgan fingerprint density at radius 2 is 1.93 bits per heavy atom. The summed E-state index contributed by atoms with van der Waals surface area (Å²) in [6.07, 6.45) is 2.20. The van der Waals surface area contributed by atoms with Crippen molar-refractivity contribution >= 4 is 17.3 Å². The summed E-state index contributed by atoms with van der Waals surface area (Å²) >= 11 is 0. The van der Waals surface area contributed by atoms with Crippen molar-refractivity contribution in [3.63, 3.8) is 0 Å². The molecule has 0 spiro atoms. The molecule has 1 N–H and O–H groups in total. The quantitative estimate of drug-likeness (QED) is 0.394. The number of carbonyl (C=O) groups is 2. The molecule has 2 rings (SSSR count). The van der Waals surface area contributed by atoms with E-state index >= 15 is 0 Å². The Balaban J connectivity index is 2.66. The molecule has 0 heterocycles. The summed E-state index contributed by atoms with van der Waals surface area (Å²) in [5, 5.41) is 15.2. The van der Waals surface area contributed by atoms with Crippen LogP contribution in [0.3, 0.4) is 0 Å². The highest BCUT2D eigenvalue weighted by Gasteiger charge is 2.34. The standard InChI is InChI=1S/C23H31NO4/c1-7-9-19(24-28-8-2)22-20(26)11-10-17(23(22)27)18-12-13(3)14(4)21(15(18)5)16(6)25/h12,17,27H,7-11H2,1-6H3. The molecule has 28 heavy (non-hydrogen) atoms. The van der Waals surface area contributed by atoms with Gasteiger partial charge in [0, 0.05) is 17.9 Å². The first kappa shape index (κ1) is 21.9. The van der Waals surface area contributed by atoms with Crippen LogP contribution in [0.2, 0.25) is 0 Å². The van der Waals surface area contributed by atoms with Crippen LogP contribution in [0.1, 0.15) is 85.0 Å². The summed E-state index contributed by atoms with van der Waals surface area (Å²) in [5.41, 5.74) is 5.25. The van der Waals surface area contributed by atoms with E-state index in [9.17, 15) is 14.7 Å². The van der Waals surface area contributed by atoms with Crippen molar-refractivity contribution in [1.29, 1.82) is 0 Å². The molecule has 1 aliphatic rings. The molecule has 1 aliphatic carbocycles. The number of aliphatic hydroxyl groups excluding tert-OH is 1. The molecule has 0 aromatic heterocycles. The zero-order valence-corrected chi connectivity index (χ0v) is 17.8. The van der Waals surface area contributed by atoms with Gasteiger partial charge in [-0.1, -0.05) is 24.6 Å². The molecule has 152 valence electrons. The zero-order valence-electron chi connectivity index (χ0n) is 17.8. The summed E-state index contributed by atoms with van der Waals surface area (Å²) in [6, 6.07) is 2.03. The number of hydrogen-bond donors (Lipinski definition) is 1. The van der Waals surface area contributed by atoms with Gasteiger partial charge in [0.2, 0.25) is 0 Å². The van der Waals surface area contributed by atoms with Gasteiger partial charge in [0.15, 0.2) is 11.6 Å². The van der Waals surface area contributed by atoms with Crippen LogP contribution in [0.15, 0.2) is 22.6 Å². The van der Waals surface area contributed by atoms with Gasteiger partial charge in [0.1, 0.15) is 12.4 Å². The third-order valence-electron chi connectivity index (χ3n) is 5.48. The van der Waals surface area contributed by atoms with E-state index in [-0.39, 0.29) is 28.8 Å². The average molecular weight is 386 g/mol. The smallest absolute Gasteiger partial charge is 0.168 e. The second-order valence-corrected chi connectivity index (χ2v) is 7.44. The topological polar surface area (TPSA) is 76.0 Å². The Bertz CT molecular complexity index is 849. The Labute approximate surface area is 167 Å². The van der Waals surface area contributed by atoms with E-state index in [1.54, 1.807) is 6.92 Å². The van der Waals surface area contributed by atoms with E-state index < -0.39 is 0 Å². The van der Waals surface area contributed by atoms with Gasteiger partial charge in [-0.15, -0.1) is 0 Å². The van der Waals surface area contributed by atoms with E-state index in [4.69, 9.17) is 4.84 Å². The maximum atomic E-state index is 12.6. The molecule has 0 bridgehead atoms. The number of rotatable bonds is 7. The minimum absolute atomic E-state index is 0.0140. The van der Waals surface area contributed by atoms with Crippen LogP contribution in [0, 0.1) is 20.8 Å². The van der Waals surface area contributed by atoms with E-state index in [0.717, 1.165) is 28.7 Å². The van der Waals surface area contributed by atoms with Gasteiger partial charge >= 0.3 is 0 Å². The number of hydrogen-bond acceptors (Lipinski definition) is 5. The van der Waals surface area contributed by atoms with Gasteiger partial charge in [-0.25, -0.2) is 0 Å². The number of Topliss-reactive ketones (excluding diaryl/α,β-unsaturated/α-hetero) is 2. The van der Waals surface area contributed by atoms with Crippen LogP contribution < -0.4 is 0 Å². The lowest BCUT2D eigenvalue weighted by Gasteiger charge is -2.27. The van der Waals surface area contributed by atoms with Gasteiger partial charge in [0.05, 0.1) is 11.3 Å². The Morgan fingerprint density at radius 3 is 2.50 bits per heavy atom. The van der Waals surface area contributed by atoms with Crippen LogP contribution >= 0.6 is 0 Å². The molecule has 0 saturated carbocycles. The molecule has 1 aromatic rings. The summed E-state index contributed by atoms with van der Waals surface area (Å²) < 4.78 is 0. The van der Waals surface area contributed by atoms with Crippen molar-refractivity contribution in [3.05, 3.63) is 45.2 Å². The molecule has 0 radical (unpaired) electrons. The Kier molecular flexibility index (Phi) is 7.17.